The molecular formula is C18H14FN5O2. The van der Waals surface area contributed by atoms with Crippen LogP contribution in [-0.2, 0) is 0 Å². The third kappa shape index (κ3) is 2.52. The predicted octanol–water partition coefficient (Wildman–Crippen LogP) is 2.40. The predicted molar refractivity (Wildman–Crippen MR) is 93.1 cm³/mol. The molecule has 0 aliphatic rings. The van der Waals surface area contributed by atoms with Gasteiger partial charge < -0.3 is 4.74 Å². The van der Waals surface area contributed by atoms with Crippen LogP contribution in [0.3, 0.4) is 0 Å². The number of benzene rings is 1. The summed E-state index contributed by atoms with van der Waals surface area (Å²) in [7, 11) is 1.48. The largest absolute Gasteiger partial charge is 0.497 e. The fourth-order valence-corrected chi connectivity index (χ4v) is 2.91. The molecule has 0 saturated heterocycles. The van der Waals surface area contributed by atoms with Crippen molar-refractivity contribution in [3.8, 4) is 22.8 Å². The summed E-state index contributed by atoms with van der Waals surface area (Å²) >= 11 is 0. The molecular weight excluding hydrogens is 337 g/mol. The Balaban J connectivity index is 1.95. The summed E-state index contributed by atoms with van der Waals surface area (Å²) in [6.45, 7) is 1.79. The number of methoxy groups -OCH3 is 1. The molecule has 0 radical (unpaired) electrons. The number of ether oxygens (including phenoxy) is 1. The monoisotopic (exact) mass is 351 g/mol. The van der Waals surface area contributed by atoms with E-state index >= 15 is 0 Å². The van der Waals surface area contributed by atoms with Gasteiger partial charge in [0, 0.05) is 29.7 Å². The van der Waals surface area contributed by atoms with E-state index in [0.29, 0.717) is 28.1 Å². The van der Waals surface area contributed by atoms with E-state index in [0.717, 1.165) is 4.68 Å². The highest BCUT2D eigenvalue weighted by Crippen LogP contribution is 2.29. The van der Waals surface area contributed by atoms with Crippen molar-refractivity contribution in [3.63, 3.8) is 0 Å². The van der Waals surface area contributed by atoms with Crippen LogP contribution in [0.25, 0.3) is 22.6 Å². The Morgan fingerprint density at radius 3 is 2.62 bits per heavy atom. The van der Waals surface area contributed by atoms with Crippen molar-refractivity contribution in [2.24, 2.45) is 0 Å². The van der Waals surface area contributed by atoms with Gasteiger partial charge in [0.05, 0.1) is 18.8 Å². The van der Waals surface area contributed by atoms with Crippen molar-refractivity contribution in [2.45, 2.75) is 6.92 Å². The lowest BCUT2D eigenvalue weighted by molar-refractivity contribution is 0.411. The zero-order valence-corrected chi connectivity index (χ0v) is 14.0. The zero-order chi connectivity index (χ0) is 18.3. The first-order chi connectivity index (χ1) is 12.6. The molecule has 26 heavy (non-hydrogen) atoms. The minimum absolute atomic E-state index is 0.182. The first-order valence-electron chi connectivity index (χ1n) is 7.81. The summed E-state index contributed by atoms with van der Waals surface area (Å²) in [5.41, 5.74) is 2.18. The van der Waals surface area contributed by atoms with Crippen molar-refractivity contribution in [2.75, 3.05) is 7.11 Å². The minimum atomic E-state index is -0.415. The van der Waals surface area contributed by atoms with Gasteiger partial charge in [0.1, 0.15) is 11.6 Å². The Kier molecular flexibility index (Phi) is 3.72. The van der Waals surface area contributed by atoms with E-state index in [-0.39, 0.29) is 5.95 Å². The van der Waals surface area contributed by atoms with Crippen LogP contribution >= 0.6 is 0 Å². The number of fused-ring (bicyclic) bond motifs is 1. The van der Waals surface area contributed by atoms with Gasteiger partial charge in [-0.05, 0) is 36.8 Å². The Morgan fingerprint density at radius 2 is 1.88 bits per heavy atom. The van der Waals surface area contributed by atoms with Gasteiger partial charge in [-0.1, -0.05) is 0 Å². The number of hydrogen-bond donors (Lipinski definition) is 0. The summed E-state index contributed by atoms with van der Waals surface area (Å²) in [6.07, 6.45) is 4.62. The lowest BCUT2D eigenvalue weighted by Gasteiger charge is -2.06. The quantitative estimate of drug-likeness (QED) is 0.567. The molecule has 0 spiro atoms. The van der Waals surface area contributed by atoms with Crippen molar-refractivity contribution >= 4 is 5.52 Å². The normalized spacial score (nSPS) is 11.0. The van der Waals surface area contributed by atoms with Crippen LogP contribution in [0, 0.1) is 12.7 Å². The third-order valence-corrected chi connectivity index (χ3v) is 4.11. The molecule has 7 nitrogen and oxygen atoms in total. The Bertz CT molecular complexity index is 1170. The maximum Gasteiger partial charge on any atom is 0.356 e. The molecule has 0 fully saturated rings. The summed E-state index contributed by atoms with van der Waals surface area (Å²) in [5.74, 6) is 0.173. The standard InChI is InChI=1S/C18H14FN5O2/c1-11-16(12-6-13(19)8-15(7-12)26-2)9-14-10-22-24(18(25)23(11)14)17-20-4-3-5-21-17/h3-10H,1-2H3. The highest BCUT2D eigenvalue weighted by atomic mass is 19.1. The number of aryl methyl sites for hydroxylation is 1. The number of hydrogen-bond acceptors (Lipinski definition) is 5. The van der Waals surface area contributed by atoms with Crippen molar-refractivity contribution in [1.82, 2.24) is 24.1 Å². The molecule has 8 heteroatoms. The second kappa shape index (κ2) is 6.07. The second-order valence-electron chi connectivity index (χ2n) is 5.67. The maximum atomic E-state index is 13.9. The molecule has 0 aliphatic heterocycles. The maximum absolute atomic E-state index is 13.9. The van der Waals surface area contributed by atoms with E-state index < -0.39 is 11.5 Å². The van der Waals surface area contributed by atoms with E-state index in [2.05, 4.69) is 15.1 Å². The van der Waals surface area contributed by atoms with Crippen LogP contribution in [0.15, 0.2) is 53.7 Å². The van der Waals surface area contributed by atoms with E-state index in [1.807, 2.05) is 0 Å². The molecule has 0 saturated carbocycles. The van der Waals surface area contributed by atoms with Crippen LogP contribution in [0.2, 0.25) is 0 Å². The first-order valence-corrected chi connectivity index (χ1v) is 7.81. The van der Waals surface area contributed by atoms with E-state index in [1.165, 1.54) is 36.0 Å². The van der Waals surface area contributed by atoms with E-state index in [9.17, 15) is 9.18 Å². The summed E-state index contributed by atoms with van der Waals surface area (Å²) in [5, 5.41) is 4.14. The highest BCUT2D eigenvalue weighted by molar-refractivity contribution is 5.74. The first kappa shape index (κ1) is 15.9. The molecule has 0 amide bonds. The van der Waals surface area contributed by atoms with Gasteiger partial charge in [0.25, 0.3) is 5.95 Å². The fraction of sp³-hybridized carbons (Fsp3) is 0.111. The third-order valence-electron chi connectivity index (χ3n) is 4.11. The van der Waals surface area contributed by atoms with Crippen LogP contribution in [0.4, 0.5) is 4.39 Å². The summed E-state index contributed by atoms with van der Waals surface area (Å²) in [4.78, 5) is 21.0. The topological polar surface area (TPSA) is 74.3 Å². The molecule has 4 rings (SSSR count). The Labute approximate surface area is 147 Å². The Hall–Kier alpha value is -3.55. The number of rotatable bonds is 3. The molecule has 3 heterocycles. The minimum Gasteiger partial charge on any atom is -0.497 e. The molecule has 1 aromatic carbocycles. The fourth-order valence-electron chi connectivity index (χ4n) is 2.91. The molecule has 4 aromatic rings. The van der Waals surface area contributed by atoms with Crippen molar-refractivity contribution in [1.29, 1.82) is 0 Å². The summed E-state index contributed by atoms with van der Waals surface area (Å²) in [6, 6.07) is 7.86. The van der Waals surface area contributed by atoms with Gasteiger partial charge in [0.15, 0.2) is 0 Å². The second-order valence-corrected chi connectivity index (χ2v) is 5.67. The van der Waals surface area contributed by atoms with Gasteiger partial charge in [-0.15, -0.1) is 4.68 Å². The zero-order valence-electron chi connectivity index (χ0n) is 14.0. The Morgan fingerprint density at radius 1 is 1.12 bits per heavy atom. The van der Waals surface area contributed by atoms with Crippen LogP contribution < -0.4 is 10.4 Å². The van der Waals surface area contributed by atoms with E-state index in [4.69, 9.17) is 4.74 Å². The number of aromatic nitrogens is 5. The van der Waals surface area contributed by atoms with Crippen LogP contribution in [0.5, 0.6) is 5.75 Å². The van der Waals surface area contributed by atoms with Gasteiger partial charge >= 0.3 is 5.69 Å². The van der Waals surface area contributed by atoms with Gasteiger partial charge in [-0.25, -0.2) is 19.2 Å². The molecule has 0 bridgehead atoms. The van der Waals surface area contributed by atoms with Crippen molar-refractivity contribution < 1.29 is 9.13 Å². The van der Waals surface area contributed by atoms with Crippen LogP contribution in [0.1, 0.15) is 5.69 Å². The summed E-state index contributed by atoms with van der Waals surface area (Å²) < 4.78 is 21.6. The number of halogens is 1. The average molecular weight is 351 g/mol. The molecule has 0 aliphatic carbocycles. The molecule has 3 aromatic heterocycles. The molecule has 130 valence electrons. The van der Waals surface area contributed by atoms with Gasteiger partial charge in [-0.2, -0.15) is 5.10 Å². The molecule has 0 atom stereocenters. The SMILES string of the molecule is COc1cc(F)cc(-c2cc3cnn(-c4ncccn4)c(=O)n3c2C)c1. The van der Waals surface area contributed by atoms with Crippen LogP contribution in [-0.4, -0.2) is 31.3 Å². The van der Waals surface area contributed by atoms with Gasteiger partial charge in [0.2, 0.25) is 0 Å². The van der Waals surface area contributed by atoms with Gasteiger partial charge in [-0.3, -0.25) is 4.40 Å². The molecule has 0 unspecified atom stereocenters. The van der Waals surface area contributed by atoms with Crippen molar-refractivity contribution in [3.05, 3.63) is 70.9 Å². The smallest absolute Gasteiger partial charge is 0.356 e. The number of nitrogens with zero attached hydrogens (tertiary/aromatic N) is 5. The average Bonchev–Trinajstić information content (AvgIpc) is 2.99. The lowest BCUT2D eigenvalue weighted by atomic mass is 10.1. The highest BCUT2D eigenvalue weighted by Gasteiger charge is 2.15. The molecule has 0 N–H and O–H groups in total. The lowest BCUT2D eigenvalue weighted by Crippen LogP contribution is -2.29. The van der Waals surface area contributed by atoms with E-state index in [1.54, 1.807) is 31.3 Å².